The largest absolute Gasteiger partial charge is 0.457 e. The SMILES string of the molecule is Cc1cc(NC(=O)COC(=O)CCCC(=O)Nc2ccc(Oc3ccc(C(C)(C)C)cc3)cc2)ccc1Br. The Kier molecular flexibility index (Phi) is 10.1. The number of carbonyl (C=O) groups is 3. The molecule has 0 aromatic heterocycles. The zero-order chi connectivity index (χ0) is 27.7. The van der Waals surface area contributed by atoms with Crippen molar-refractivity contribution in [3.8, 4) is 11.5 Å². The number of hydrogen-bond donors (Lipinski definition) is 2. The zero-order valence-electron chi connectivity index (χ0n) is 22.1. The van der Waals surface area contributed by atoms with Crippen molar-refractivity contribution in [3.05, 3.63) is 82.3 Å². The molecule has 0 saturated carbocycles. The van der Waals surface area contributed by atoms with Crippen LogP contribution < -0.4 is 15.4 Å². The van der Waals surface area contributed by atoms with Crippen LogP contribution in [0.5, 0.6) is 11.5 Å². The molecule has 38 heavy (non-hydrogen) atoms. The minimum absolute atomic E-state index is 0.0405. The first-order valence-corrected chi connectivity index (χ1v) is 13.2. The van der Waals surface area contributed by atoms with Crippen molar-refractivity contribution < 1.29 is 23.9 Å². The predicted octanol–water partition coefficient (Wildman–Crippen LogP) is 7.14. The monoisotopic (exact) mass is 580 g/mol. The first-order chi connectivity index (χ1) is 18.0. The molecule has 0 saturated heterocycles. The van der Waals surface area contributed by atoms with E-state index in [1.807, 2.05) is 31.2 Å². The number of aryl methyl sites for hydroxylation is 1. The molecule has 3 rings (SSSR count). The number of hydrogen-bond acceptors (Lipinski definition) is 5. The van der Waals surface area contributed by atoms with Gasteiger partial charge in [0.05, 0.1) is 0 Å². The molecule has 0 aliphatic carbocycles. The molecule has 0 fully saturated rings. The first-order valence-electron chi connectivity index (χ1n) is 12.4. The maximum absolute atomic E-state index is 12.2. The van der Waals surface area contributed by atoms with Gasteiger partial charge >= 0.3 is 5.97 Å². The molecule has 7 nitrogen and oxygen atoms in total. The summed E-state index contributed by atoms with van der Waals surface area (Å²) in [5, 5.41) is 5.48. The fraction of sp³-hybridized carbons (Fsp3) is 0.300. The van der Waals surface area contributed by atoms with Crippen molar-refractivity contribution in [2.75, 3.05) is 17.2 Å². The Labute approximate surface area is 232 Å². The molecule has 2 N–H and O–H groups in total. The topological polar surface area (TPSA) is 93.7 Å². The second-order valence-electron chi connectivity index (χ2n) is 9.98. The van der Waals surface area contributed by atoms with Crippen LogP contribution in [0.2, 0.25) is 0 Å². The number of rotatable bonds is 10. The summed E-state index contributed by atoms with van der Waals surface area (Å²) in [7, 11) is 0. The van der Waals surface area contributed by atoms with Gasteiger partial charge in [-0.05, 0) is 84.5 Å². The van der Waals surface area contributed by atoms with Crippen LogP contribution in [0.1, 0.15) is 51.2 Å². The molecule has 3 aromatic rings. The lowest BCUT2D eigenvalue weighted by molar-refractivity contribution is -0.147. The third-order valence-corrected chi connectivity index (χ3v) is 6.57. The quantitative estimate of drug-likeness (QED) is 0.248. The molecule has 0 heterocycles. The van der Waals surface area contributed by atoms with Gasteiger partial charge in [-0.25, -0.2) is 0 Å². The lowest BCUT2D eigenvalue weighted by Crippen LogP contribution is -2.21. The number of nitrogens with one attached hydrogen (secondary N) is 2. The second kappa shape index (κ2) is 13.2. The number of esters is 1. The Hall–Kier alpha value is -3.65. The van der Waals surface area contributed by atoms with Gasteiger partial charge < -0.3 is 20.1 Å². The summed E-state index contributed by atoms with van der Waals surface area (Å²) in [6.45, 7) is 8.02. The summed E-state index contributed by atoms with van der Waals surface area (Å²) >= 11 is 3.40. The second-order valence-corrected chi connectivity index (χ2v) is 10.8. The lowest BCUT2D eigenvalue weighted by atomic mass is 9.87. The van der Waals surface area contributed by atoms with Gasteiger partial charge in [-0.3, -0.25) is 14.4 Å². The molecule has 2 amide bonds. The first kappa shape index (κ1) is 28.9. The van der Waals surface area contributed by atoms with E-state index in [4.69, 9.17) is 9.47 Å². The molecule has 0 bridgehead atoms. The van der Waals surface area contributed by atoms with Gasteiger partial charge in [0.25, 0.3) is 5.91 Å². The van der Waals surface area contributed by atoms with E-state index in [9.17, 15) is 14.4 Å². The van der Waals surface area contributed by atoms with Gasteiger partial charge in [0, 0.05) is 28.7 Å². The average molecular weight is 582 g/mol. The number of benzene rings is 3. The summed E-state index contributed by atoms with van der Waals surface area (Å²) in [6, 6.07) is 20.5. The maximum Gasteiger partial charge on any atom is 0.306 e. The normalized spacial score (nSPS) is 11.0. The third-order valence-electron chi connectivity index (χ3n) is 5.68. The Balaban J connectivity index is 1.34. The van der Waals surface area contributed by atoms with Gasteiger partial charge in [-0.1, -0.05) is 48.8 Å². The summed E-state index contributed by atoms with van der Waals surface area (Å²) < 4.78 is 11.8. The van der Waals surface area contributed by atoms with Crippen LogP contribution >= 0.6 is 15.9 Å². The Morgan fingerprint density at radius 1 is 0.789 bits per heavy atom. The molecule has 3 aromatic carbocycles. The average Bonchev–Trinajstić information content (AvgIpc) is 2.86. The molecule has 0 atom stereocenters. The minimum Gasteiger partial charge on any atom is -0.457 e. The standard InChI is InChI=1S/C30H33BrN2O5/c1-20-18-23(12-17-26(20)31)33-28(35)19-37-29(36)7-5-6-27(34)32-22-10-15-25(16-11-22)38-24-13-8-21(9-14-24)30(2,3)4/h8-18H,5-7,19H2,1-4H3,(H,32,34)(H,33,35). The highest BCUT2D eigenvalue weighted by atomic mass is 79.9. The third kappa shape index (κ3) is 9.34. The van der Waals surface area contributed by atoms with Crippen LogP contribution in [0.15, 0.2) is 71.2 Å². The van der Waals surface area contributed by atoms with Crippen molar-refractivity contribution >= 4 is 45.1 Å². The van der Waals surface area contributed by atoms with E-state index >= 15 is 0 Å². The maximum atomic E-state index is 12.2. The molecular weight excluding hydrogens is 548 g/mol. The van der Waals surface area contributed by atoms with Crippen molar-refractivity contribution in [3.63, 3.8) is 0 Å². The molecule has 0 aliphatic rings. The van der Waals surface area contributed by atoms with E-state index in [-0.39, 0.29) is 30.8 Å². The van der Waals surface area contributed by atoms with E-state index < -0.39 is 11.9 Å². The summed E-state index contributed by atoms with van der Waals surface area (Å²) in [5.41, 5.74) is 3.54. The number of amides is 2. The molecule has 200 valence electrons. The number of anilines is 2. The van der Waals surface area contributed by atoms with Gasteiger partial charge in [-0.15, -0.1) is 0 Å². The fourth-order valence-corrected chi connectivity index (χ4v) is 3.77. The minimum atomic E-state index is -0.531. The van der Waals surface area contributed by atoms with Crippen molar-refractivity contribution in [1.82, 2.24) is 0 Å². The number of carbonyl (C=O) groups excluding carboxylic acids is 3. The highest BCUT2D eigenvalue weighted by molar-refractivity contribution is 9.10. The zero-order valence-corrected chi connectivity index (χ0v) is 23.7. The van der Waals surface area contributed by atoms with Crippen LogP contribution in [0.25, 0.3) is 0 Å². The summed E-state index contributed by atoms with van der Waals surface area (Å²) in [6.07, 6.45) is 0.501. The summed E-state index contributed by atoms with van der Waals surface area (Å²) in [5.74, 6) is 0.229. The predicted molar refractivity (Wildman–Crippen MR) is 153 cm³/mol. The van der Waals surface area contributed by atoms with E-state index in [1.165, 1.54) is 5.56 Å². The Morgan fingerprint density at radius 2 is 1.37 bits per heavy atom. The smallest absolute Gasteiger partial charge is 0.306 e. The molecule has 0 unspecified atom stereocenters. The Morgan fingerprint density at radius 3 is 1.97 bits per heavy atom. The highest BCUT2D eigenvalue weighted by Gasteiger charge is 2.13. The molecule has 0 radical (unpaired) electrons. The molecule has 8 heteroatoms. The van der Waals surface area contributed by atoms with Gasteiger partial charge in [0.1, 0.15) is 11.5 Å². The fourth-order valence-electron chi connectivity index (χ4n) is 3.52. The lowest BCUT2D eigenvalue weighted by Gasteiger charge is -2.19. The van der Waals surface area contributed by atoms with E-state index in [0.29, 0.717) is 23.5 Å². The summed E-state index contributed by atoms with van der Waals surface area (Å²) in [4.78, 5) is 36.2. The molecule has 0 aliphatic heterocycles. The van der Waals surface area contributed by atoms with Crippen molar-refractivity contribution in [1.29, 1.82) is 0 Å². The van der Waals surface area contributed by atoms with Crippen LogP contribution in [-0.4, -0.2) is 24.4 Å². The van der Waals surface area contributed by atoms with E-state index in [1.54, 1.807) is 30.3 Å². The number of ether oxygens (including phenoxy) is 2. The molecular formula is C30H33BrN2O5. The van der Waals surface area contributed by atoms with Crippen LogP contribution in [0.3, 0.4) is 0 Å². The van der Waals surface area contributed by atoms with Crippen LogP contribution in [-0.2, 0) is 24.5 Å². The number of halogens is 1. The van der Waals surface area contributed by atoms with Crippen LogP contribution in [0, 0.1) is 6.92 Å². The molecule has 0 spiro atoms. The van der Waals surface area contributed by atoms with E-state index in [2.05, 4.69) is 59.5 Å². The van der Waals surface area contributed by atoms with E-state index in [0.717, 1.165) is 15.8 Å². The van der Waals surface area contributed by atoms with Crippen molar-refractivity contribution in [2.45, 2.75) is 52.4 Å². The van der Waals surface area contributed by atoms with Gasteiger partial charge in [0.15, 0.2) is 6.61 Å². The van der Waals surface area contributed by atoms with Gasteiger partial charge in [0.2, 0.25) is 5.91 Å². The van der Waals surface area contributed by atoms with Crippen molar-refractivity contribution in [2.24, 2.45) is 0 Å². The van der Waals surface area contributed by atoms with Gasteiger partial charge in [-0.2, -0.15) is 0 Å². The Bertz CT molecular complexity index is 1270. The van der Waals surface area contributed by atoms with Crippen LogP contribution in [0.4, 0.5) is 11.4 Å². The highest BCUT2D eigenvalue weighted by Crippen LogP contribution is 2.27.